The molecular formula is C19H19F3N2O5. The fraction of sp³-hybridized carbons (Fsp3) is 0.263. The first kappa shape index (κ1) is 21.9. The predicted molar refractivity (Wildman–Crippen MR) is 98.9 cm³/mol. The average molecular weight is 412 g/mol. The number of para-hydroxylation sites is 1. The van der Waals surface area contributed by atoms with Gasteiger partial charge in [-0.1, -0.05) is 12.1 Å². The van der Waals surface area contributed by atoms with E-state index in [2.05, 4.69) is 5.32 Å². The number of anilines is 1. The molecule has 0 aliphatic heterocycles. The fourth-order valence-corrected chi connectivity index (χ4v) is 2.47. The number of rotatable bonds is 7. The number of carbonyl (C=O) groups is 2. The number of hydrogen-bond donors (Lipinski definition) is 2. The first-order chi connectivity index (χ1) is 13.7. The third kappa shape index (κ3) is 5.53. The highest BCUT2D eigenvalue weighted by Gasteiger charge is 2.28. The van der Waals surface area contributed by atoms with Gasteiger partial charge >= 0.3 is 6.18 Å². The lowest BCUT2D eigenvalue weighted by Crippen LogP contribution is -2.34. The van der Waals surface area contributed by atoms with Crippen LogP contribution in [-0.4, -0.2) is 45.9 Å². The van der Waals surface area contributed by atoms with E-state index in [4.69, 9.17) is 14.2 Å². The molecule has 10 heteroatoms. The van der Waals surface area contributed by atoms with Gasteiger partial charge in [0, 0.05) is 5.56 Å². The van der Waals surface area contributed by atoms with Crippen molar-refractivity contribution in [1.29, 1.82) is 0 Å². The van der Waals surface area contributed by atoms with Gasteiger partial charge in [-0.15, -0.1) is 0 Å². The van der Waals surface area contributed by atoms with Crippen molar-refractivity contribution in [3.8, 4) is 17.2 Å². The molecule has 0 radical (unpaired) electrons. The van der Waals surface area contributed by atoms with Gasteiger partial charge < -0.3 is 24.8 Å². The van der Waals surface area contributed by atoms with E-state index in [1.54, 1.807) is 5.32 Å². The van der Waals surface area contributed by atoms with E-state index < -0.39 is 24.5 Å². The monoisotopic (exact) mass is 412 g/mol. The number of halogens is 3. The molecule has 0 fully saturated rings. The summed E-state index contributed by atoms with van der Waals surface area (Å²) in [7, 11) is 4.19. The molecule has 2 aromatic carbocycles. The first-order valence-electron chi connectivity index (χ1n) is 8.25. The summed E-state index contributed by atoms with van der Waals surface area (Å²) in [5.74, 6) is -0.816. The normalized spacial score (nSPS) is 10.8. The highest BCUT2D eigenvalue weighted by atomic mass is 19.4. The number of amides is 2. The van der Waals surface area contributed by atoms with Crippen LogP contribution in [0.4, 0.5) is 18.9 Å². The second-order valence-corrected chi connectivity index (χ2v) is 5.71. The molecule has 0 heterocycles. The van der Waals surface area contributed by atoms with E-state index in [0.717, 1.165) is 0 Å². The van der Waals surface area contributed by atoms with Crippen LogP contribution in [0.1, 0.15) is 20.7 Å². The molecule has 0 atom stereocenters. The van der Waals surface area contributed by atoms with Gasteiger partial charge in [0.1, 0.15) is 6.54 Å². The molecule has 0 aliphatic rings. The van der Waals surface area contributed by atoms with Crippen molar-refractivity contribution in [2.45, 2.75) is 6.18 Å². The minimum Gasteiger partial charge on any atom is -0.493 e. The van der Waals surface area contributed by atoms with Gasteiger partial charge in [0.2, 0.25) is 5.75 Å². The number of nitrogens with one attached hydrogen (secondary N) is 2. The summed E-state index contributed by atoms with van der Waals surface area (Å²) in [6, 6.07) is 8.52. The van der Waals surface area contributed by atoms with Crippen molar-refractivity contribution < 1.29 is 37.0 Å². The van der Waals surface area contributed by atoms with Crippen molar-refractivity contribution in [3.05, 3.63) is 47.5 Å². The van der Waals surface area contributed by atoms with Gasteiger partial charge in [0.05, 0.1) is 32.6 Å². The van der Waals surface area contributed by atoms with Gasteiger partial charge in [0.25, 0.3) is 11.8 Å². The number of ether oxygens (including phenoxy) is 3. The van der Waals surface area contributed by atoms with Crippen molar-refractivity contribution in [2.24, 2.45) is 0 Å². The van der Waals surface area contributed by atoms with Gasteiger partial charge in [-0.25, -0.2) is 0 Å². The first-order valence-corrected chi connectivity index (χ1v) is 8.25. The molecule has 0 saturated heterocycles. The summed E-state index contributed by atoms with van der Waals surface area (Å²) in [6.45, 7) is -1.49. The van der Waals surface area contributed by atoms with Crippen LogP contribution >= 0.6 is 0 Å². The van der Waals surface area contributed by atoms with Crippen LogP contribution in [0, 0.1) is 0 Å². The quantitative estimate of drug-likeness (QED) is 0.729. The van der Waals surface area contributed by atoms with Crippen LogP contribution < -0.4 is 24.8 Å². The number of hydrogen-bond acceptors (Lipinski definition) is 5. The van der Waals surface area contributed by atoms with Crippen LogP contribution in [0.3, 0.4) is 0 Å². The van der Waals surface area contributed by atoms with Gasteiger partial charge in [-0.3, -0.25) is 9.59 Å². The summed E-state index contributed by atoms with van der Waals surface area (Å²) in [4.78, 5) is 24.8. The molecule has 0 bridgehead atoms. The van der Waals surface area contributed by atoms with E-state index in [-0.39, 0.29) is 28.3 Å². The van der Waals surface area contributed by atoms with E-state index in [1.165, 1.54) is 57.7 Å². The molecule has 0 aliphatic carbocycles. The number of alkyl halides is 3. The maximum Gasteiger partial charge on any atom is 0.405 e. The largest absolute Gasteiger partial charge is 0.493 e. The molecule has 2 aromatic rings. The lowest BCUT2D eigenvalue weighted by Gasteiger charge is -2.15. The Balaban J connectivity index is 2.29. The van der Waals surface area contributed by atoms with Gasteiger partial charge in [-0.05, 0) is 24.3 Å². The van der Waals surface area contributed by atoms with Crippen molar-refractivity contribution >= 4 is 17.5 Å². The lowest BCUT2D eigenvalue weighted by molar-refractivity contribution is -0.123. The molecule has 156 valence electrons. The Labute approximate surface area is 164 Å². The Bertz CT molecular complexity index is 875. The van der Waals surface area contributed by atoms with Crippen molar-refractivity contribution in [3.63, 3.8) is 0 Å². The zero-order valence-corrected chi connectivity index (χ0v) is 15.8. The summed E-state index contributed by atoms with van der Waals surface area (Å²) < 4.78 is 52.6. The Morgan fingerprint density at radius 1 is 0.931 bits per heavy atom. The molecule has 0 spiro atoms. The summed E-state index contributed by atoms with van der Waals surface area (Å²) >= 11 is 0. The average Bonchev–Trinajstić information content (AvgIpc) is 2.70. The molecular weight excluding hydrogens is 393 g/mol. The summed E-state index contributed by atoms with van der Waals surface area (Å²) in [6.07, 6.45) is -4.55. The molecule has 0 saturated carbocycles. The molecule has 2 N–H and O–H groups in total. The molecule has 2 rings (SSSR count). The minimum absolute atomic E-state index is 0.0472. The van der Waals surface area contributed by atoms with E-state index in [1.807, 2.05) is 0 Å². The third-order valence-electron chi connectivity index (χ3n) is 3.80. The van der Waals surface area contributed by atoms with Crippen molar-refractivity contribution in [1.82, 2.24) is 5.32 Å². The van der Waals surface area contributed by atoms with Crippen LogP contribution in [0.25, 0.3) is 0 Å². The Hall–Kier alpha value is -3.43. The predicted octanol–water partition coefficient (Wildman–Crippen LogP) is 3.26. The number of methoxy groups -OCH3 is 3. The molecule has 2 amide bonds. The van der Waals surface area contributed by atoms with Crippen LogP contribution in [0.5, 0.6) is 17.2 Å². The van der Waals surface area contributed by atoms with E-state index in [0.29, 0.717) is 5.75 Å². The highest BCUT2D eigenvalue weighted by Crippen LogP contribution is 2.38. The van der Waals surface area contributed by atoms with Gasteiger partial charge in [0.15, 0.2) is 11.5 Å². The minimum atomic E-state index is -4.55. The fourth-order valence-electron chi connectivity index (χ4n) is 2.47. The summed E-state index contributed by atoms with van der Waals surface area (Å²) in [5, 5.41) is 4.28. The number of benzene rings is 2. The van der Waals surface area contributed by atoms with Gasteiger partial charge in [-0.2, -0.15) is 13.2 Å². The molecule has 0 aromatic heterocycles. The standard InChI is InChI=1S/C19H19F3N2O5/c1-27-14-8-11(9-15(28-2)16(14)29-3)17(25)24-13-7-5-4-6-12(13)18(26)23-10-19(20,21)22/h4-9H,10H2,1-3H3,(H,23,26)(H,24,25). The van der Waals surface area contributed by atoms with Crippen molar-refractivity contribution in [2.75, 3.05) is 33.2 Å². The van der Waals surface area contributed by atoms with E-state index >= 15 is 0 Å². The van der Waals surface area contributed by atoms with Crippen LogP contribution in [-0.2, 0) is 0 Å². The van der Waals surface area contributed by atoms with Crippen LogP contribution in [0.2, 0.25) is 0 Å². The maximum absolute atomic E-state index is 12.7. The molecule has 0 unspecified atom stereocenters. The third-order valence-corrected chi connectivity index (χ3v) is 3.80. The molecule has 7 nitrogen and oxygen atoms in total. The van der Waals surface area contributed by atoms with Crippen LogP contribution in [0.15, 0.2) is 36.4 Å². The Kier molecular flexibility index (Phi) is 6.92. The SMILES string of the molecule is COc1cc(C(=O)Nc2ccccc2C(=O)NCC(F)(F)F)cc(OC)c1OC. The zero-order valence-electron chi connectivity index (χ0n) is 15.8. The second kappa shape index (κ2) is 9.18. The maximum atomic E-state index is 12.7. The summed E-state index contributed by atoms with van der Waals surface area (Å²) in [5.41, 5.74) is 0.0634. The highest BCUT2D eigenvalue weighted by molar-refractivity contribution is 6.09. The topological polar surface area (TPSA) is 85.9 Å². The van der Waals surface area contributed by atoms with E-state index in [9.17, 15) is 22.8 Å². The molecule has 29 heavy (non-hydrogen) atoms. The Morgan fingerprint density at radius 2 is 1.52 bits per heavy atom. The smallest absolute Gasteiger partial charge is 0.405 e. The zero-order chi connectivity index (χ0) is 21.6. The second-order valence-electron chi connectivity index (χ2n) is 5.71. The lowest BCUT2D eigenvalue weighted by atomic mass is 10.1. The Morgan fingerprint density at radius 3 is 2.03 bits per heavy atom. The number of carbonyl (C=O) groups excluding carboxylic acids is 2.